The molecule has 1 fully saturated rings. The van der Waals surface area contributed by atoms with Crippen molar-refractivity contribution in [2.24, 2.45) is 5.92 Å². The van der Waals surface area contributed by atoms with Gasteiger partial charge in [0, 0.05) is 13.1 Å². The summed E-state index contributed by atoms with van der Waals surface area (Å²) in [6.07, 6.45) is -4.44. The second kappa shape index (κ2) is 5.45. The summed E-state index contributed by atoms with van der Waals surface area (Å²) in [6, 6.07) is 2.89. The van der Waals surface area contributed by atoms with Gasteiger partial charge in [0.15, 0.2) is 0 Å². The molecule has 1 aromatic carbocycles. The first kappa shape index (κ1) is 16.0. The van der Waals surface area contributed by atoms with Gasteiger partial charge in [-0.05, 0) is 31.0 Å². The van der Waals surface area contributed by atoms with Gasteiger partial charge < -0.3 is 5.73 Å². The number of sulfonamides is 1. The van der Waals surface area contributed by atoms with Gasteiger partial charge in [-0.3, -0.25) is 0 Å². The summed E-state index contributed by atoms with van der Waals surface area (Å²) < 4.78 is 76.8. The second-order valence-corrected chi connectivity index (χ2v) is 6.87. The van der Waals surface area contributed by atoms with Crippen LogP contribution >= 0.6 is 0 Å². The normalized spacial score (nSPS) is 21.4. The Bertz CT molecular complexity index is 631. The lowest BCUT2D eigenvalue weighted by atomic mass is 9.99. The first-order valence-corrected chi connectivity index (χ1v) is 7.68. The maximum atomic E-state index is 13.4. The minimum Gasteiger partial charge on any atom is -0.396 e. The van der Waals surface area contributed by atoms with Crippen molar-refractivity contribution in [2.75, 3.05) is 18.8 Å². The molecule has 1 unspecified atom stereocenters. The van der Waals surface area contributed by atoms with E-state index in [2.05, 4.69) is 0 Å². The maximum absolute atomic E-state index is 13.4. The highest BCUT2D eigenvalue weighted by Gasteiger charge is 2.44. The van der Waals surface area contributed by atoms with Crippen molar-refractivity contribution >= 4 is 15.7 Å². The van der Waals surface area contributed by atoms with E-state index in [0.717, 1.165) is 22.5 Å². The molecule has 4 nitrogen and oxygen atoms in total. The van der Waals surface area contributed by atoms with Crippen LogP contribution in [0, 0.1) is 11.7 Å². The molecular weight excluding hydrogens is 312 g/mol. The number of hydrogen-bond donors (Lipinski definition) is 1. The van der Waals surface area contributed by atoms with Crippen LogP contribution in [0.25, 0.3) is 0 Å². The quantitative estimate of drug-likeness (QED) is 0.670. The molecule has 2 N–H and O–H groups in total. The molecule has 0 radical (unpaired) electrons. The number of rotatable bonds is 2. The lowest BCUT2D eigenvalue weighted by molar-refractivity contribution is -0.182. The van der Waals surface area contributed by atoms with Gasteiger partial charge in [0.2, 0.25) is 10.0 Å². The number of anilines is 1. The van der Waals surface area contributed by atoms with E-state index in [1.807, 2.05) is 0 Å². The van der Waals surface area contributed by atoms with Crippen LogP contribution in [0.3, 0.4) is 0 Å². The number of alkyl halides is 3. The lowest BCUT2D eigenvalue weighted by Crippen LogP contribution is -2.44. The molecule has 0 spiro atoms. The highest BCUT2D eigenvalue weighted by molar-refractivity contribution is 7.89. The predicted molar refractivity (Wildman–Crippen MR) is 68.4 cm³/mol. The summed E-state index contributed by atoms with van der Waals surface area (Å²) in [4.78, 5) is -0.392. The van der Waals surface area contributed by atoms with Crippen molar-refractivity contribution in [3.63, 3.8) is 0 Å². The fourth-order valence-corrected chi connectivity index (χ4v) is 3.78. The number of hydrogen-bond acceptors (Lipinski definition) is 3. The minimum atomic E-state index is -4.44. The Hall–Kier alpha value is -1.35. The molecule has 0 aliphatic carbocycles. The van der Waals surface area contributed by atoms with E-state index >= 15 is 0 Å². The first-order chi connectivity index (χ1) is 9.62. The Balaban J connectivity index is 2.28. The molecule has 0 bridgehead atoms. The number of halogens is 4. The van der Waals surface area contributed by atoms with Crippen LogP contribution in [0.4, 0.5) is 23.2 Å². The standard InChI is InChI=1S/C12H14F4N2O2S/c13-10-6-9(3-4-11(10)17)21(19,20)18-5-1-2-8(7-18)12(14,15)16/h3-4,6,8H,1-2,5,7,17H2. The summed E-state index contributed by atoms with van der Waals surface area (Å²) in [6.45, 7) is -0.654. The highest BCUT2D eigenvalue weighted by Crippen LogP contribution is 2.35. The van der Waals surface area contributed by atoms with E-state index in [-0.39, 0.29) is 25.1 Å². The van der Waals surface area contributed by atoms with Crippen LogP contribution < -0.4 is 5.73 Å². The third-order valence-electron chi connectivity index (χ3n) is 3.46. The number of nitrogen functional groups attached to an aromatic ring is 1. The molecule has 2 rings (SSSR count). The Kier molecular flexibility index (Phi) is 4.16. The number of benzene rings is 1. The van der Waals surface area contributed by atoms with Crippen LogP contribution in [-0.4, -0.2) is 32.0 Å². The van der Waals surface area contributed by atoms with Gasteiger partial charge >= 0.3 is 6.18 Å². The number of nitrogens with two attached hydrogens (primary N) is 1. The summed E-state index contributed by atoms with van der Waals surface area (Å²) >= 11 is 0. The van der Waals surface area contributed by atoms with Crippen molar-refractivity contribution < 1.29 is 26.0 Å². The number of nitrogens with zero attached hydrogens (tertiary/aromatic N) is 1. The molecule has 0 aromatic heterocycles. The number of piperidine rings is 1. The molecule has 9 heteroatoms. The average Bonchev–Trinajstić information content (AvgIpc) is 2.41. The Morgan fingerprint density at radius 2 is 1.95 bits per heavy atom. The Morgan fingerprint density at radius 3 is 2.52 bits per heavy atom. The van der Waals surface area contributed by atoms with Crippen LogP contribution in [0.15, 0.2) is 23.1 Å². The van der Waals surface area contributed by atoms with E-state index in [4.69, 9.17) is 5.73 Å². The summed E-state index contributed by atoms with van der Waals surface area (Å²) in [5.74, 6) is -2.61. The van der Waals surface area contributed by atoms with Crippen LogP contribution in [-0.2, 0) is 10.0 Å². The predicted octanol–water partition coefficient (Wildman–Crippen LogP) is 2.37. The molecule has 1 atom stereocenters. The summed E-state index contributed by atoms with van der Waals surface area (Å²) in [5.41, 5.74) is 5.04. The van der Waals surface area contributed by atoms with E-state index in [1.165, 1.54) is 0 Å². The molecule has 21 heavy (non-hydrogen) atoms. The van der Waals surface area contributed by atoms with E-state index in [9.17, 15) is 26.0 Å². The third-order valence-corrected chi connectivity index (χ3v) is 5.32. The van der Waals surface area contributed by atoms with Crippen molar-refractivity contribution in [3.05, 3.63) is 24.0 Å². The fourth-order valence-electron chi connectivity index (χ4n) is 2.25. The molecule has 1 aliphatic rings. The molecule has 1 heterocycles. The van der Waals surface area contributed by atoms with Crippen molar-refractivity contribution in [3.8, 4) is 0 Å². The molecule has 1 aromatic rings. The van der Waals surface area contributed by atoms with Crippen LogP contribution in [0.5, 0.6) is 0 Å². The zero-order chi connectivity index (χ0) is 15.8. The largest absolute Gasteiger partial charge is 0.396 e. The van der Waals surface area contributed by atoms with Gasteiger partial charge in [0.05, 0.1) is 16.5 Å². The van der Waals surface area contributed by atoms with E-state index < -0.39 is 39.4 Å². The fraction of sp³-hybridized carbons (Fsp3) is 0.500. The molecule has 1 aliphatic heterocycles. The molecule has 118 valence electrons. The minimum absolute atomic E-state index is 0.0130. The van der Waals surface area contributed by atoms with Gasteiger partial charge in [-0.1, -0.05) is 0 Å². The molecule has 0 amide bonds. The zero-order valence-corrected chi connectivity index (χ0v) is 11.7. The van der Waals surface area contributed by atoms with Crippen molar-refractivity contribution in [2.45, 2.75) is 23.9 Å². The second-order valence-electron chi connectivity index (χ2n) is 4.93. The lowest BCUT2D eigenvalue weighted by Gasteiger charge is -2.32. The van der Waals surface area contributed by atoms with Gasteiger partial charge in [-0.2, -0.15) is 17.5 Å². The Morgan fingerprint density at radius 1 is 1.29 bits per heavy atom. The van der Waals surface area contributed by atoms with Gasteiger partial charge in [0.25, 0.3) is 0 Å². The SMILES string of the molecule is Nc1ccc(S(=O)(=O)N2CCCC(C(F)(F)F)C2)cc1F. The monoisotopic (exact) mass is 326 g/mol. The van der Waals surface area contributed by atoms with Crippen LogP contribution in [0.2, 0.25) is 0 Å². The maximum Gasteiger partial charge on any atom is 0.393 e. The third kappa shape index (κ3) is 3.29. The summed E-state index contributed by atoms with van der Waals surface area (Å²) in [5, 5.41) is 0. The average molecular weight is 326 g/mol. The van der Waals surface area contributed by atoms with E-state index in [0.29, 0.717) is 0 Å². The first-order valence-electron chi connectivity index (χ1n) is 6.24. The van der Waals surface area contributed by atoms with Gasteiger partial charge in [0.1, 0.15) is 5.82 Å². The smallest absolute Gasteiger partial charge is 0.393 e. The molecular formula is C12H14F4N2O2S. The van der Waals surface area contributed by atoms with Crippen molar-refractivity contribution in [1.29, 1.82) is 0 Å². The summed E-state index contributed by atoms with van der Waals surface area (Å²) in [7, 11) is -4.16. The molecule has 0 saturated carbocycles. The topological polar surface area (TPSA) is 63.4 Å². The van der Waals surface area contributed by atoms with Crippen molar-refractivity contribution in [1.82, 2.24) is 4.31 Å². The zero-order valence-electron chi connectivity index (χ0n) is 10.9. The Labute approximate surface area is 119 Å². The van der Waals surface area contributed by atoms with E-state index in [1.54, 1.807) is 0 Å². The van der Waals surface area contributed by atoms with Gasteiger partial charge in [-0.15, -0.1) is 0 Å². The molecule has 1 saturated heterocycles. The highest BCUT2D eigenvalue weighted by atomic mass is 32.2. The van der Waals surface area contributed by atoms with Crippen LogP contribution in [0.1, 0.15) is 12.8 Å². The van der Waals surface area contributed by atoms with Gasteiger partial charge in [-0.25, -0.2) is 12.8 Å².